The highest BCUT2D eigenvalue weighted by Gasteiger charge is 2.32. The quantitative estimate of drug-likeness (QED) is 0.266. The molecule has 0 heterocycles. The van der Waals surface area contributed by atoms with Gasteiger partial charge in [-0.25, -0.2) is 0 Å². The topological polar surface area (TPSA) is 94.8 Å². The number of aliphatic hydroxyl groups is 2. The highest BCUT2D eigenvalue weighted by molar-refractivity contribution is 8.00. The third kappa shape index (κ3) is 10.5. The number of carboxylic acid groups (broad SMARTS) is 1. The molecular formula is C23H38O5S. The second-order valence-electron chi connectivity index (χ2n) is 8.13. The van der Waals surface area contributed by atoms with Gasteiger partial charge < -0.3 is 15.3 Å². The number of allylic oxidation sites excluding steroid dienone is 2. The van der Waals surface area contributed by atoms with E-state index in [1.54, 1.807) is 6.92 Å². The Balaban J connectivity index is 2.39. The molecule has 6 heteroatoms. The molecule has 0 aromatic rings. The zero-order valence-electron chi connectivity index (χ0n) is 17.9. The maximum atomic E-state index is 12.3. The minimum absolute atomic E-state index is 0.00251. The summed E-state index contributed by atoms with van der Waals surface area (Å²) in [5.41, 5.74) is -0.848. The molecule has 0 bridgehead atoms. The average molecular weight is 427 g/mol. The largest absolute Gasteiger partial charge is 0.480 e. The smallest absolute Gasteiger partial charge is 0.316 e. The Bertz CT molecular complexity index is 555. The monoisotopic (exact) mass is 426 g/mol. The summed E-state index contributed by atoms with van der Waals surface area (Å²) in [6.07, 6.45) is 15.0. The minimum Gasteiger partial charge on any atom is -0.480 e. The Morgan fingerprint density at radius 3 is 2.72 bits per heavy atom. The van der Waals surface area contributed by atoms with Crippen LogP contribution in [0.15, 0.2) is 24.3 Å². The van der Waals surface area contributed by atoms with Gasteiger partial charge in [0, 0.05) is 18.1 Å². The molecule has 0 spiro atoms. The van der Waals surface area contributed by atoms with Crippen molar-refractivity contribution >= 4 is 23.5 Å². The molecule has 166 valence electrons. The zero-order chi connectivity index (χ0) is 21.7. The molecule has 5 nitrogen and oxygen atoms in total. The van der Waals surface area contributed by atoms with Gasteiger partial charge >= 0.3 is 5.97 Å². The second kappa shape index (κ2) is 14.0. The summed E-state index contributed by atoms with van der Waals surface area (Å²) in [4.78, 5) is 23.5. The van der Waals surface area contributed by atoms with Gasteiger partial charge in [-0.1, -0.05) is 50.5 Å². The summed E-state index contributed by atoms with van der Waals surface area (Å²) >= 11 is 1.29. The summed E-state index contributed by atoms with van der Waals surface area (Å²) in [6.45, 7) is 3.83. The van der Waals surface area contributed by atoms with Crippen LogP contribution >= 0.6 is 11.8 Å². The van der Waals surface area contributed by atoms with Gasteiger partial charge in [-0.15, -0.1) is 11.8 Å². The van der Waals surface area contributed by atoms with Crippen molar-refractivity contribution in [3.05, 3.63) is 24.3 Å². The first kappa shape index (κ1) is 25.9. The first-order valence-corrected chi connectivity index (χ1v) is 11.9. The number of aliphatic hydroxyl groups excluding tert-OH is 1. The van der Waals surface area contributed by atoms with E-state index in [0.29, 0.717) is 30.8 Å². The van der Waals surface area contributed by atoms with Crippen LogP contribution in [-0.2, 0) is 9.59 Å². The number of carbonyl (C=O) groups is 2. The van der Waals surface area contributed by atoms with E-state index in [-0.39, 0.29) is 18.4 Å². The Morgan fingerprint density at radius 1 is 1.31 bits per heavy atom. The van der Waals surface area contributed by atoms with Gasteiger partial charge in [-0.05, 0) is 44.9 Å². The minimum atomic E-state index is -0.848. The average Bonchev–Trinajstić information content (AvgIpc) is 3.01. The normalized spacial score (nSPS) is 23.1. The maximum absolute atomic E-state index is 12.3. The Kier molecular flexibility index (Phi) is 12.5. The van der Waals surface area contributed by atoms with Gasteiger partial charge in [0.15, 0.2) is 0 Å². The lowest BCUT2D eigenvalue weighted by Crippen LogP contribution is -2.19. The lowest BCUT2D eigenvalue weighted by Gasteiger charge is -2.18. The molecule has 0 amide bonds. The van der Waals surface area contributed by atoms with Crippen molar-refractivity contribution in [3.63, 3.8) is 0 Å². The number of Topliss-reactive ketones (excluding diaryl/α,β-unsaturated/α-hetero) is 1. The first-order valence-electron chi connectivity index (χ1n) is 10.9. The number of hydrogen-bond acceptors (Lipinski definition) is 5. The number of ketones is 1. The third-order valence-corrected chi connectivity index (χ3v) is 6.71. The van der Waals surface area contributed by atoms with Crippen LogP contribution in [0.4, 0.5) is 0 Å². The molecule has 4 atom stereocenters. The molecule has 1 saturated carbocycles. The lowest BCUT2D eigenvalue weighted by molar-refractivity contribution is -0.136. The Hall–Kier alpha value is -1.11. The van der Waals surface area contributed by atoms with Gasteiger partial charge in [-0.3, -0.25) is 9.59 Å². The van der Waals surface area contributed by atoms with E-state index in [2.05, 4.69) is 6.08 Å². The number of carboxylic acids is 1. The number of rotatable bonds is 15. The third-order valence-electron chi connectivity index (χ3n) is 5.45. The molecule has 0 aliphatic heterocycles. The highest BCUT2D eigenvalue weighted by Crippen LogP contribution is 2.34. The molecule has 2 unspecified atom stereocenters. The van der Waals surface area contributed by atoms with E-state index < -0.39 is 16.8 Å². The molecular weight excluding hydrogens is 388 g/mol. The fourth-order valence-corrected chi connectivity index (χ4v) is 4.67. The van der Waals surface area contributed by atoms with Gasteiger partial charge in [-0.2, -0.15) is 0 Å². The van der Waals surface area contributed by atoms with Crippen molar-refractivity contribution in [2.24, 2.45) is 11.8 Å². The zero-order valence-corrected chi connectivity index (χ0v) is 18.7. The molecule has 0 radical (unpaired) electrons. The summed E-state index contributed by atoms with van der Waals surface area (Å²) in [6, 6.07) is 0. The molecule has 0 saturated heterocycles. The Labute approximate surface area is 179 Å². The van der Waals surface area contributed by atoms with Gasteiger partial charge in [0.2, 0.25) is 0 Å². The van der Waals surface area contributed by atoms with Crippen LogP contribution in [0.25, 0.3) is 0 Å². The second-order valence-corrected chi connectivity index (χ2v) is 9.45. The van der Waals surface area contributed by atoms with E-state index in [0.717, 1.165) is 38.5 Å². The van der Waals surface area contributed by atoms with Crippen LogP contribution in [-0.4, -0.2) is 50.3 Å². The van der Waals surface area contributed by atoms with Crippen molar-refractivity contribution in [3.8, 4) is 0 Å². The summed E-state index contributed by atoms with van der Waals surface area (Å²) in [5, 5.41) is 27.9. The number of carbonyl (C=O) groups excluding carboxylic acids is 1. The van der Waals surface area contributed by atoms with Crippen molar-refractivity contribution in [1.82, 2.24) is 0 Å². The molecule has 1 rings (SSSR count). The van der Waals surface area contributed by atoms with Crippen molar-refractivity contribution < 1.29 is 24.9 Å². The molecule has 1 aliphatic rings. The van der Waals surface area contributed by atoms with Gasteiger partial charge in [0.1, 0.15) is 11.0 Å². The van der Waals surface area contributed by atoms with E-state index in [4.69, 9.17) is 5.11 Å². The molecule has 1 aliphatic carbocycles. The molecule has 0 aromatic heterocycles. The highest BCUT2D eigenvalue weighted by atomic mass is 32.2. The summed E-state index contributed by atoms with van der Waals surface area (Å²) in [5.74, 6) is 0.271. The first-order chi connectivity index (χ1) is 13.8. The number of unbranched alkanes of at least 4 members (excludes halogenated alkanes) is 2. The van der Waals surface area contributed by atoms with Crippen LogP contribution in [0.5, 0.6) is 0 Å². The van der Waals surface area contributed by atoms with E-state index in [9.17, 15) is 19.8 Å². The van der Waals surface area contributed by atoms with Crippen LogP contribution in [0, 0.1) is 11.8 Å². The predicted molar refractivity (Wildman–Crippen MR) is 119 cm³/mol. The van der Waals surface area contributed by atoms with Crippen LogP contribution in [0.1, 0.15) is 71.6 Å². The Morgan fingerprint density at radius 2 is 2.07 bits per heavy atom. The van der Waals surface area contributed by atoms with E-state index >= 15 is 0 Å². The van der Waals surface area contributed by atoms with Crippen LogP contribution in [0.3, 0.4) is 0 Å². The summed E-state index contributed by atoms with van der Waals surface area (Å²) in [7, 11) is 0. The standard InChI is InChI=1S/C23H38O5S/c1-3-4-14-23(2,28)15-8-9-18-12-13-20(25)19(18)10-6-5-7-11-21(22(26)27)29-17-16-24/h4,8-9,14,18-19,21,24,28H,3,5-7,10-13,15-17H2,1-2H3,(H,26,27)/t18-,19+,21?,23?/m0/s1. The number of hydrogen-bond donors (Lipinski definition) is 3. The van der Waals surface area contributed by atoms with E-state index in [1.807, 2.05) is 25.2 Å². The molecule has 0 aromatic carbocycles. The number of thioether (sulfide) groups is 1. The van der Waals surface area contributed by atoms with Gasteiger partial charge in [0.05, 0.1) is 12.2 Å². The van der Waals surface area contributed by atoms with Crippen molar-refractivity contribution in [1.29, 1.82) is 0 Å². The summed E-state index contributed by atoms with van der Waals surface area (Å²) < 4.78 is 0. The molecule has 1 fully saturated rings. The molecule has 3 N–H and O–H groups in total. The van der Waals surface area contributed by atoms with Crippen LogP contribution in [0.2, 0.25) is 0 Å². The van der Waals surface area contributed by atoms with Crippen LogP contribution < -0.4 is 0 Å². The fourth-order valence-electron chi connectivity index (χ4n) is 3.80. The SMILES string of the molecule is CCC=CC(C)(O)CC=C[C@H]1CCC(=O)[C@@H]1CCCCCC(SCCO)C(=O)O. The lowest BCUT2D eigenvalue weighted by atomic mass is 9.89. The van der Waals surface area contributed by atoms with E-state index in [1.165, 1.54) is 11.8 Å². The predicted octanol–water partition coefficient (Wildman–Crippen LogP) is 4.37. The number of aliphatic carboxylic acids is 1. The van der Waals surface area contributed by atoms with Crippen molar-refractivity contribution in [2.45, 2.75) is 82.5 Å². The maximum Gasteiger partial charge on any atom is 0.316 e. The molecule has 29 heavy (non-hydrogen) atoms. The fraction of sp³-hybridized carbons (Fsp3) is 0.739. The van der Waals surface area contributed by atoms with Crippen molar-refractivity contribution in [2.75, 3.05) is 12.4 Å². The van der Waals surface area contributed by atoms with Gasteiger partial charge in [0.25, 0.3) is 0 Å².